The molecule has 4 amide bonds. The highest BCUT2D eigenvalue weighted by molar-refractivity contribution is 6.07. The Labute approximate surface area is 173 Å². The van der Waals surface area contributed by atoms with Gasteiger partial charge < -0.3 is 24.8 Å². The van der Waals surface area contributed by atoms with Crippen LogP contribution in [0.25, 0.3) is 0 Å². The molecule has 9 heteroatoms. The number of urea groups is 1. The summed E-state index contributed by atoms with van der Waals surface area (Å²) in [5, 5.41) is 5.26. The third kappa shape index (κ3) is 4.62. The van der Waals surface area contributed by atoms with Gasteiger partial charge in [-0.1, -0.05) is 12.1 Å². The Bertz CT molecular complexity index is 944. The van der Waals surface area contributed by atoms with Crippen LogP contribution in [0.3, 0.4) is 0 Å². The van der Waals surface area contributed by atoms with Gasteiger partial charge in [-0.2, -0.15) is 0 Å². The molecule has 0 spiro atoms. The Morgan fingerprint density at radius 1 is 1.00 bits per heavy atom. The number of anilines is 1. The van der Waals surface area contributed by atoms with Crippen LogP contribution in [0.4, 0.5) is 10.5 Å². The molecule has 1 fully saturated rings. The minimum absolute atomic E-state index is 0.110. The smallest absolute Gasteiger partial charge is 0.325 e. The van der Waals surface area contributed by atoms with Crippen LogP contribution in [0.5, 0.6) is 17.2 Å². The first-order chi connectivity index (χ1) is 14.4. The van der Waals surface area contributed by atoms with Gasteiger partial charge >= 0.3 is 6.03 Å². The zero-order valence-electron chi connectivity index (χ0n) is 16.9. The van der Waals surface area contributed by atoms with Gasteiger partial charge in [0, 0.05) is 6.07 Å². The van der Waals surface area contributed by atoms with Gasteiger partial charge in [-0.25, -0.2) is 4.79 Å². The number of amides is 4. The molecule has 1 atom stereocenters. The lowest BCUT2D eigenvalue weighted by Crippen LogP contribution is -2.34. The molecule has 0 bridgehead atoms. The summed E-state index contributed by atoms with van der Waals surface area (Å²) in [5.74, 6) is 0.804. The summed E-state index contributed by atoms with van der Waals surface area (Å²) in [6.45, 7) is 0.110. The maximum absolute atomic E-state index is 12.6. The molecule has 0 aliphatic carbocycles. The first-order valence-corrected chi connectivity index (χ1v) is 9.22. The van der Waals surface area contributed by atoms with Crippen LogP contribution in [0.2, 0.25) is 0 Å². The molecule has 1 aliphatic heterocycles. The maximum atomic E-state index is 12.6. The van der Waals surface area contributed by atoms with Crippen LogP contribution < -0.4 is 24.8 Å². The van der Waals surface area contributed by atoms with Crippen LogP contribution in [0, 0.1) is 0 Å². The number of carbonyl (C=O) groups excluding carboxylic acids is 3. The molecular weight excluding hydrogens is 390 g/mol. The Morgan fingerprint density at radius 2 is 1.67 bits per heavy atom. The third-order valence-corrected chi connectivity index (χ3v) is 4.68. The predicted molar refractivity (Wildman–Crippen MR) is 109 cm³/mol. The highest BCUT2D eigenvalue weighted by Crippen LogP contribution is 2.29. The number of ether oxygens (including phenoxy) is 3. The maximum Gasteiger partial charge on any atom is 0.325 e. The number of hydrogen-bond acceptors (Lipinski definition) is 6. The summed E-state index contributed by atoms with van der Waals surface area (Å²) >= 11 is 0. The Hall–Kier alpha value is -3.75. The van der Waals surface area contributed by atoms with Gasteiger partial charge in [0.15, 0.2) is 0 Å². The second kappa shape index (κ2) is 9.17. The van der Waals surface area contributed by atoms with Gasteiger partial charge in [0.25, 0.3) is 5.91 Å². The number of carbonyl (C=O) groups is 3. The summed E-state index contributed by atoms with van der Waals surface area (Å²) in [7, 11) is 4.56. The van der Waals surface area contributed by atoms with Crippen LogP contribution in [-0.2, 0) is 16.1 Å². The average Bonchev–Trinajstić information content (AvgIpc) is 3.01. The van der Waals surface area contributed by atoms with E-state index >= 15 is 0 Å². The minimum Gasteiger partial charge on any atom is -0.497 e. The molecular formula is C21H23N3O6. The van der Waals surface area contributed by atoms with E-state index in [1.165, 1.54) is 14.2 Å². The van der Waals surface area contributed by atoms with E-state index in [4.69, 9.17) is 14.2 Å². The number of imide groups is 1. The van der Waals surface area contributed by atoms with Crippen molar-refractivity contribution in [2.45, 2.75) is 19.0 Å². The largest absolute Gasteiger partial charge is 0.497 e. The molecule has 30 heavy (non-hydrogen) atoms. The van der Waals surface area contributed by atoms with Crippen LogP contribution in [0.15, 0.2) is 42.5 Å². The number of nitrogens with zero attached hydrogens (tertiary/aromatic N) is 1. The van der Waals surface area contributed by atoms with Crippen LogP contribution in [0.1, 0.15) is 12.0 Å². The fraction of sp³-hybridized carbons (Fsp3) is 0.286. The van der Waals surface area contributed by atoms with Crippen molar-refractivity contribution in [3.63, 3.8) is 0 Å². The Kier molecular flexibility index (Phi) is 6.41. The molecule has 2 N–H and O–H groups in total. The van der Waals surface area contributed by atoms with Crippen LogP contribution in [-0.4, -0.2) is 50.1 Å². The Morgan fingerprint density at radius 3 is 2.30 bits per heavy atom. The number of methoxy groups -OCH3 is 3. The van der Waals surface area contributed by atoms with E-state index in [2.05, 4.69) is 10.6 Å². The molecule has 158 valence electrons. The normalized spacial score (nSPS) is 15.6. The third-order valence-electron chi connectivity index (χ3n) is 4.68. The fourth-order valence-electron chi connectivity index (χ4n) is 3.07. The lowest BCUT2D eigenvalue weighted by molar-refractivity contribution is -0.130. The molecule has 1 heterocycles. The van der Waals surface area contributed by atoms with Crippen molar-refractivity contribution >= 4 is 23.5 Å². The molecule has 2 aromatic carbocycles. The second-order valence-electron chi connectivity index (χ2n) is 6.59. The van der Waals surface area contributed by atoms with Crippen molar-refractivity contribution in [3.8, 4) is 17.2 Å². The molecule has 0 aromatic heterocycles. The van der Waals surface area contributed by atoms with Gasteiger partial charge in [0.05, 0.1) is 40.0 Å². The number of hydrogen-bond donors (Lipinski definition) is 2. The summed E-state index contributed by atoms with van der Waals surface area (Å²) in [4.78, 5) is 38.4. The quantitative estimate of drug-likeness (QED) is 0.643. The summed E-state index contributed by atoms with van der Waals surface area (Å²) in [6, 6.07) is 10.5. The lowest BCUT2D eigenvalue weighted by Gasteiger charge is -2.14. The second-order valence-corrected chi connectivity index (χ2v) is 6.59. The van der Waals surface area contributed by atoms with E-state index in [-0.39, 0.29) is 13.0 Å². The molecule has 1 aliphatic rings. The standard InChI is InChI=1S/C21H23N3O6/c1-28-14-6-4-13(5-7-14)12-24-20(26)17(23-21(24)27)11-19(25)22-16-9-8-15(29-2)10-18(16)30-3/h4-10,17H,11-12H2,1-3H3,(H,22,25)(H,23,27). The topological polar surface area (TPSA) is 106 Å². The average molecular weight is 413 g/mol. The van der Waals surface area contributed by atoms with E-state index in [1.807, 2.05) is 0 Å². The zero-order valence-corrected chi connectivity index (χ0v) is 16.9. The Balaban J connectivity index is 1.62. The van der Waals surface area contributed by atoms with Crippen LogP contribution >= 0.6 is 0 Å². The molecule has 1 unspecified atom stereocenters. The van der Waals surface area contributed by atoms with Crippen molar-refractivity contribution in [1.82, 2.24) is 10.2 Å². The fourth-order valence-corrected chi connectivity index (χ4v) is 3.07. The SMILES string of the molecule is COc1ccc(CN2C(=O)NC(CC(=O)Nc3ccc(OC)cc3OC)C2=O)cc1. The van der Waals surface area contributed by atoms with Gasteiger partial charge in [-0.05, 0) is 29.8 Å². The molecule has 0 saturated carbocycles. The van der Waals surface area contributed by atoms with Crippen molar-refractivity contribution in [2.75, 3.05) is 26.6 Å². The summed E-state index contributed by atoms with van der Waals surface area (Å²) < 4.78 is 15.5. The first-order valence-electron chi connectivity index (χ1n) is 9.22. The van der Waals surface area contributed by atoms with E-state index in [9.17, 15) is 14.4 Å². The van der Waals surface area contributed by atoms with Gasteiger partial charge in [0.1, 0.15) is 23.3 Å². The number of rotatable bonds is 8. The predicted octanol–water partition coefficient (Wildman–Crippen LogP) is 2.16. The summed E-state index contributed by atoms with van der Waals surface area (Å²) in [6.07, 6.45) is -0.196. The van der Waals surface area contributed by atoms with Gasteiger partial charge in [0.2, 0.25) is 5.91 Å². The monoisotopic (exact) mass is 413 g/mol. The first kappa shape index (κ1) is 21.0. The van der Waals surface area contributed by atoms with E-state index < -0.39 is 23.9 Å². The molecule has 2 aromatic rings. The highest BCUT2D eigenvalue weighted by Gasteiger charge is 2.39. The molecule has 1 saturated heterocycles. The van der Waals surface area contributed by atoms with Crippen molar-refractivity contribution in [3.05, 3.63) is 48.0 Å². The zero-order chi connectivity index (χ0) is 21.7. The molecule has 9 nitrogen and oxygen atoms in total. The number of benzene rings is 2. The summed E-state index contributed by atoms with van der Waals surface area (Å²) in [5.41, 5.74) is 1.21. The van der Waals surface area contributed by atoms with E-state index in [1.54, 1.807) is 49.6 Å². The highest BCUT2D eigenvalue weighted by atomic mass is 16.5. The van der Waals surface area contributed by atoms with Gasteiger partial charge in [-0.3, -0.25) is 14.5 Å². The van der Waals surface area contributed by atoms with E-state index in [0.717, 1.165) is 10.5 Å². The molecule has 0 radical (unpaired) electrons. The van der Waals surface area contributed by atoms with Crippen molar-refractivity contribution in [2.24, 2.45) is 0 Å². The van der Waals surface area contributed by atoms with Crippen molar-refractivity contribution < 1.29 is 28.6 Å². The number of nitrogens with one attached hydrogen (secondary N) is 2. The lowest BCUT2D eigenvalue weighted by atomic mass is 10.1. The minimum atomic E-state index is -0.931. The van der Waals surface area contributed by atoms with Gasteiger partial charge in [-0.15, -0.1) is 0 Å². The molecule has 3 rings (SSSR count). The van der Waals surface area contributed by atoms with Crippen molar-refractivity contribution in [1.29, 1.82) is 0 Å². The van der Waals surface area contributed by atoms with E-state index in [0.29, 0.717) is 22.9 Å².